The highest BCUT2D eigenvalue weighted by Crippen LogP contribution is 1.97. The molecule has 0 spiro atoms. The van der Waals surface area contributed by atoms with Crippen LogP contribution in [0.25, 0.3) is 0 Å². The van der Waals surface area contributed by atoms with Crippen molar-refractivity contribution in [3.8, 4) is 0 Å². The first kappa shape index (κ1) is 6.07. The van der Waals surface area contributed by atoms with Crippen LogP contribution in [0.5, 0.6) is 0 Å². The van der Waals surface area contributed by atoms with E-state index in [1.54, 1.807) is 6.20 Å². The van der Waals surface area contributed by atoms with E-state index >= 15 is 0 Å². The van der Waals surface area contributed by atoms with Gasteiger partial charge in [-0.05, 0) is 13.0 Å². The Kier molecular flexibility index (Phi) is 1.67. The van der Waals surface area contributed by atoms with Crippen LogP contribution in [0.4, 0.5) is 5.82 Å². The number of nitrogens with zero attached hydrogens (tertiary/aromatic N) is 2. The van der Waals surface area contributed by atoms with Crippen LogP contribution in [-0.4, -0.2) is 17.9 Å². The molecule has 0 bridgehead atoms. The molecule has 1 rings (SSSR count). The van der Waals surface area contributed by atoms with Gasteiger partial charge in [-0.3, -0.25) is 0 Å². The molecule has 46 valence electrons. The Morgan fingerprint density at radius 1 is 1.67 bits per heavy atom. The molecule has 0 radical (unpaired) electrons. The van der Waals surface area contributed by atoms with Crippen molar-refractivity contribution in [2.75, 3.05) is 5.23 Å². The zero-order valence-corrected chi connectivity index (χ0v) is 5.55. The zero-order chi connectivity index (χ0) is 6.69. The van der Waals surface area contributed by atoms with Gasteiger partial charge in [-0.15, -0.1) is 0 Å². The number of aromatic nitrogens is 2. The van der Waals surface area contributed by atoms with Crippen LogP contribution in [0.1, 0.15) is 5.82 Å². The summed E-state index contributed by atoms with van der Waals surface area (Å²) in [6, 6.07) is 1.83. The molecule has 0 amide bonds. The molecule has 0 saturated carbocycles. The molecular formula is C5H8BN3. The summed E-state index contributed by atoms with van der Waals surface area (Å²) in [6.07, 6.45) is 1.73. The molecule has 0 atom stereocenters. The van der Waals surface area contributed by atoms with Crippen LogP contribution in [0.15, 0.2) is 12.3 Å². The lowest BCUT2D eigenvalue weighted by atomic mass is 10.4. The lowest BCUT2D eigenvalue weighted by molar-refractivity contribution is 1.06. The van der Waals surface area contributed by atoms with Gasteiger partial charge < -0.3 is 5.23 Å². The SMILES string of the molecule is BNc1ccnc(C)n1. The topological polar surface area (TPSA) is 37.8 Å². The Hall–Kier alpha value is -1.06. The second kappa shape index (κ2) is 2.48. The third-order valence-corrected chi connectivity index (χ3v) is 1.03. The number of rotatable bonds is 1. The van der Waals surface area contributed by atoms with Gasteiger partial charge in [0.2, 0.25) is 7.98 Å². The molecule has 0 aliphatic heterocycles. The lowest BCUT2D eigenvalue weighted by Crippen LogP contribution is -1.96. The molecule has 0 aromatic carbocycles. The van der Waals surface area contributed by atoms with Crippen LogP contribution >= 0.6 is 0 Å². The Morgan fingerprint density at radius 3 is 2.89 bits per heavy atom. The van der Waals surface area contributed by atoms with Gasteiger partial charge in [0.1, 0.15) is 11.6 Å². The molecule has 9 heavy (non-hydrogen) atoms. The first-order valence-corrected chi connectivity index (χ1v) is 2.80. The third-order valence-electron chi connectivity index (χ3n) is 1.03. The maximum atomic E-state index is 4.07. The molecule has 4 heteroatoms. The third kappa shape index (κ3) is 1.42. The van der Waals surface area contributed by atoms with Gasteiger partial charge in [0.25, 0.3) is 0 Å². The van der Waals surface area contributed by atoms with Gasteiger partial charge in [-0.25, -0.2) is 9.97 Å². The molecule has 1 heterocycles. The van der Waals surface area contributed by atoms with Crippen LogP contribution in [-0.2, 0) is 0 Å². The minimum atomic E-state index is 0.793. The van der Waals surface area contributed by atoms with E-state index < -0.39 is 0 Å². The van der Waals surface area contributed by atoms with Crippen molar-refractivity contribution in [1.82, 2.24) is 9.97 Å². The van der Waals surface area contributed by atoms with Gasteiger partial charge in [0.15, 0.2) is 0 Å². The van der Waals surface area contributed by atoms with Gasteiger partial charge in [0.05, 0.1) is 0 Å². The highest BCUT2D eigenvalue weighted by Gasteiger charge is 1.87. The van der Waals surface area contributed by atoms with E-state index in [2.05, 4.69) is 15.2 Å². The molecule has 0 fully saturated rings. The molecule has 1 aromatic heterocycles. The number of hydrogen-bond donors (Lipinski definition) is 1. The van der Waals surface area contributed by atoms with Crippen molar-refractivity contribution in [3.63, 3.8) is 0 Å². The minimum Gasteiger partial charge on any atom is -0.420 e. The largest absolute Gasteiger partial charge is 0.420 e. The molecule has 1 N–H and O–H groups in total. The fourth-order valence-corrected chi connectivity index (χ4v) is 0.595. The normalized spacial score (nSPS) is 9.00. The monoisotopic (exact) mass is 121 g/mol. The van der Waals surface area contributed by atoms with Gasteiger partial charge in [0, 0.05) is 6.20 Å². The summed E-state index contributed by atoms with van der Waals surface area (Å²) in [5.74, 6) is 1.66. The van der Waals surface area contributed by atoms with E-state index in [4.69, 9.17) is 0 Å². The Bertz CT molecular complexity index is 201. The van der Waals surface area contributed by atoms with E-state index in [9.17, 15) is 0 Å². The fraction of sp³-hybridized carbons (Fsp3) is 0.200. The predicted octanol–water partition coefficient (Wildman–Crippen LogP) is -0.255. The van der Waals surface area contributed by atoms with E-state index in [0.717, 1.165) is 11.6 Å². The Morgan fingerprint density at radius 2 is 2.44 bits per heavy atom. The van der Waals surface area contributed by atoms with Crippen molar-refractivity contribution >= 4 is 13.8 Å². The number of anilines is 1. The average molecular weight is 121 g/mol. The second-order valence-electron chi connectivity index (χ2n) is 1.74. The summed E-state index contributed by atoms with van der Waals surface area (Å²) in [4.78, 5) is 8.01. The van der Waals surface area contributed by atoms with E-state index in [0.29, 0.717) is 0 Å². The average Bonchev–Trinajstić information content (AvgIpc) is 1.88. The number of nitrogens with one attached hydrogen (secondary N) is 1. The molecule has 0 aliphatic carbocycles. The number of hydrogen-bond acceptors (Lipinski definition) is 3. The first-order chi connectivity index (χ1) is 4.33. The summed E-state index contributed by atoms with van der Waals surface area (Å²) in [7, 11) is 1.84. The highest BCUT2D eigenvalue weighted by molar-refractivity contribution is 6.15. The van der Waals surface area contributed by atoms with Crippen molar-refractivity contribution in [2.24, 2.45) is 0 Å². The molecule has 0 saturated heterocycles. The standard InChI is InChI=1S/C5H8BN3/c1-4-7-3-2-5(8-4)9-6/h2-3H,6H2,1H3,(H,7,8,9). The maximum Gasteiger partial charge on any atom is 0.215 e. The molecule has 3 nitrogen and oxygen atoms in total. The van der Waals surface area contributed by atoms with E-state index in [1.807, 2.05) is 21.0 Å². The fourth-order valence-electron chi connectivity index (χ4n) is 0.595. The van der Waals surface area contributed by atoms with Crippen LogP contribution < -0.4 is 5.23 Å². The summed E-state index contributed by atoms with van der Waals surface area (Å²) < 4.78 is 0. The zero-order valence-electron chi connectivity index (χ0n) is 5.55. The molecule has 0 aliphatic rings. The van der Waals surface area contributed by atoms with Crippen molar-refractivity contribution in [2.45, 2.75) is 6.92 Å². The second-order valence-corrected chi connectivity index (χ2v) is 1.74. The molecular weight excluding hydrogens is 113 g/mol. The first-order valence-electron chi connectivity index (χ1n) is 2.80. The molecule has 0 unspecified atom stereocenters. The Labute approximate surface area is 55.0 Å². The predicted molar refractivity (Wildman–Crippen MR) is 38.9 cm³/mol. The van der Waals surface area contributed by atoms with Gasteiger partial charge in [-0.1, -0.05) is 0 Å². The summed E-state index contributed by atoms with van der Waals surface area (Å²) in [5, 5.41) is 2.92. The Balaban J connectivity index is 2.94. The van der Waals surface area contributed by atoms with Crippen LogP contribution in [0, 0.1) is 6.92 Å². The smallest absolute Gasteiger partial charge is 0.215 e. The van der Waals surface area contributed by atoms with Crippen LogP contribution in [0.3, 0.4) is 0 Å². The van der Waals surface area contributed by atoms with Gasteiger partial charge >= 0.3 is 0 Å². The number of aryl methyl sites for hydroxylation is 1. The summed E-state index contributed by atoms with van der Waals surface area (Å²) >= 11 is 0. The van der Waals surface area contributed by atoms with E-state index in [-0.39, 0.29) is 0 Å². The van der Waals surface area contributed by atoms with Gasteiger partial charge in [-0.2, -0.15) is 0 Å². The summed E-state index contributed by atoms with van der Waals surface area (Å²) in [6.45, 7) is 1.86. The maximum absolute atomic E-state index is 4.07. The minimum absolute atomic E-state index is 0.793. The highest BCUT2D eigenvalue weighted by atomic mass is 15.0. The lowest BCUT2D eigenvalue weighted by Gasteiger charge is -1.96. The molecule has 1 aromatic rings. The van der Waals surface area contributed by atoms with Crippen molar-refractivity contribution < 1.29 is 0 Å². The van der Waals surface area contributed by atoms with Crippen molar-refractivity contribution in [1.29, 1.82) is 0 Å². The van der Waals surface area contributed by atoms with E-state index in [1.165, 1.54) is 0 Å². The summed E-state index contributed by atoms with van der Waals surface area (Å²) in [5.41, 5.74) is 0. The van der Waals surface area contributed by atoms with Crippen LogP contribution in [0.2, 0.25) is 0 Å². The quantitative estimate of drug-likeness (QED) is 0.520. The van der Waals surface area contributed by atoms with Crippen molar-refractivity contribution in [3.05, 3.63) is 18.1 Å².